The third-order valence-electron chi connectivity index (χ3n) is 8.57. The number of para-hydroxylation sites is 1. The summed E-state index contributed by atoms with van der Waals surface area (Å²) < 4.78 is 57.9. The Morgan fingerprint density at radius 3 is 2.23 bits per heavy atom. The van der Waals surface area contributed by atoms with Gasteiger partial charge in [-0.05, 0) is 86.0 Å². The average molecular weight is 632 g/mol. The van der Waals surface area contributed by atoms with Crippen molar-refractivity contribution in [3.8, 4) is 5.75 Å². The molecule has 9 heteroatoms. The Balaban J connectivity index is 1.59. The lowest BCUT2D eigenvalue weighted by Gasteiger charge is -2.40. The molecule has 0 amide bonds. The van der Waals surface area contributed by atoms with Crippen molar-refractivity contribution < 1.29 is 22.3 Å². The molecule has 0 aliphatic carbocycles. The average Bonchev–Trinajstić information content (AvgIpc) is 3.41. The van der Waals surface area contributed by atoms with Crippen molar-refractivity contribution in [2.24, 2.45) is 5.73 Å². The Labute approximate surface area is 262 Å². The van der Waals surface area contributed by atoms with E-state index in [2.05, 4.69) is 23.0 Å². The van der Waals surface area contributed by atoms with Crippen LogP contribution in [0.3, 0.4) is 0 Å². The Hall–Kier alpha value is -3.10. The van der Waals surface area contributed by atoms with Crippen molar-refractivity contribution >= 4 is 22.5 Å². The maximum Gasteiger partial charge on any atom is 0.389 e. The number of H-pyrrole nitrogens is 1. The second-order valence-electron chi connectivity index (χ2n) is 12.2. The van der Waals surface area contributed by atoms with Gasteiger partial charge in [-0.25, -0.2) is 9.37 Å². The van der Waals surface area contributed by atoms with E-state index in [4.69, 9.17) is 22.1 Å². The Kier molecular flexibility index (Phi) is 11.4. The van der Waals surface area contributed by atoms with Gasteiger partial charge in [-0.2, -0.15) is 13.2 Å². The quantitative estimate of drug-likeness (QED) is 0.0735. The largest absolute Gasteiger partial charge is 0.496 e. The summed E-state index contributed by atoms with van der Waals surface area (Å²) >= 11 is 6.25. The fraction of sp³-hybridized carbons (Fsp3) is 0.457. The van der Waals surface area contributed by atoms with Gasteiger partial charge >= 0.3 is 6.18 Å². The smallest absolute Gasteiger partial charge is 0.389 e. The SMILES string of the molecule is COc1ccc(F)cc1C(C)(CC(N)(CCCCCCCCCC(F)(F)F)Cc1ccnc(Cl)c1)c1cc2ccccc2[nH]1. The number of nitrogens with two attached hydrogens (primary N) is 1. The number of pyridine rings is 1. The highest BCUT2D eigenvalue weighted by atomic mass is 35.5. The fourth-order valence-corrected chi connectivity index (χ4v) is 6.60. The molecule has 4 rings (SSSR count). The zero-order chi connectivity index (χ0) is 31.8. The maximum absolute atomic E-state index is 14.8. The molecule has 4 aromatic rings. The molecule has 0 bridgehead atoms. The topological polar surface area (TPSA) is 63.9 Å². The molecule has 2 aromatic heterocycles. The normalized spacial score (nSPS) is 14.8. The van der Waals surface area contributed by atoms with Gasteiger partial charge in [0, 0.05) is 40.3 Å². The highest BCUT2D eigenvalue weighted by Gasteiger charge is 2.41. The summed E-state index contributed by atoms with van der Waals surface area (Å²) in [7, 11) is 1.58. The summed E-state index contributed by atoms with van der Waals surface area (Å²) in [5.41, 5.74) is 9.44. The molecular formula is C35H42ClF4N3O. The number of nitrogens with zero attached hydrogens (tertiary/aromatic N) is 1. The van der Waals surface area contributed by atoms with E-state index < -0.39 is 23.6 Å². The summed E-state index contributed by atoms with van der Waals surface area (Å²) in [5, 5.41) is 1.43. The van der Waals surface area contributed by atoms with Gasteiger partial charge in [-0.1, -0.05) is 68.3 Å². The molecule has 0 fully saturated rings. The number of aromatic amines is 1. The van der Waals surface area contributed by atoms with Crippen molar-refractivity contribution in [1.29, 1.82) is 0 Å². The van der Waals surface area contributed by atoms with E-state index in [0.29, 0.717) is 42.1 Å². The van der Waals surface area contributed by atoms with Gasteiger partial charge in [0.2, 0.25) is 0 Å². The van der Waals surface area contributed by atoms with E-state index in [1.165, 1.54) is 12.1 Å². The molecule has 2 heterocycles. The lowest BCUT2D eigenvalue weighted by atomic mass is 9.67. The fourth-order valence-electron chi connectivity index (χ4n) is 6.41. The van der Waals surface area contributed by atoms with E-state index in [0.717, 1.165) is 54.3 Å². The number of nitrogens with one attached hydrogen (secondary N) is 1. The van der Waals surface area contributed by atoms with Crippen LogP contribution in [-0.4, -0.2) is 28.8 Å². The molecule has 44 heavy (non-hydrogen) atoms. The number of hydrogen-bond acceptors (Lipinski definition) is 3. The van der Waals surface area contributed by atoms with Gasteiger partial charge in [0.25, 0.3) is 0 Å². The summed E-state index contributed by atoms with van der Waals surface area (Å²) in [6, 6.07) is 18.4. The molecule has 2 atom stereocenters. The number of hydrogen-bond donors (Lipinski definition) is 2. The molecule has 0 saturated heterocycles. The van der Waals surface area contributed by atoms with Crippen LogP contribution in [0, 0.1) is 5.82 Å². The highest BCUT2D eigenvalue weighted by Crippen LogP contribution is 2.45. The first-order valence-electron chi connectivity index (χ1n) is 15.3. The summed E-state index contributed by atoms with van der Waals surface area (Å²) in [6.07, 6.45) is 3.71. The number of aromatic nitrogens is 2. The van der Waals surface area contributed by atoms with Crippen LogP contribution in [0.2, 0.25) is 5.15 Å². The van der Waals surface area contributed by atoms with E-state index in [9.17, 15) is 17.6 Å². The predicted molar refractivity (Wildman–Crippen MR) is 170 cm³/mol. The van der Waals surface area contributed by atoms with Crippen LogP contribution < -0.4 is 10.5 Å². The highest BCUT2D eigenvalue weighted by molar-refractivity contribution is 6.29. The van der Waals surface area contributed by atoms with Crippen LogP contribution in [0.15, 0.2) is 66.9 Å². The first-order valence-corrected chi connectivity index (χ1v) is 15.7. The molecule has 0 radical (unpaired) electrons. The molecule has 0 aliphatic heterocycles. The predicted octanol–water partition coefficient (Wildman–Crippen LogP) is 10.1. The minimum atomic E-state index is -4.08. The van der Waals surface area contributed by atoms with Crippen LogP contribution in [0.1, 0.15) is 88.0 Å². The Morgan fingerprint density at radius 1 is 0.886 bits per heavy atom. The van der Waals surface area contributed by atoms with Crippen LogP contribution in [-0.2, 0) is 11.8 Å². The minimum absolute atomic E-state index is 0.180. The molecule has 0 saturated carbocycles. The molecule has 238 valence electrons. The Bertz CT molecular complexity index is 1470. The molecule has 0 aliphatic rings. The maximum atomic E-state index is 14.8. The van der Waals surface area contributed by atoms with Gasteiger partial charge in [0.05, 0.1) is 7.11 Å². The van der Waals surface area contributed by atoms with E-state index >= 15 is 0 Å². The molecular weight excluding hydrogens is 590 g/mol. The van der Waals surface area contributed by atoms with E-state index in [-0.39, 0.29) is 12.2 Å². The van der Waals surface area contributed by atoms with Crippen LogP contribution >= 0.6 is 11.6 Å². The zero-order valence-electron chi connectivity index (χ0n) is 25.5. The lowest BCUT2D eigenvalue weighted by molar-refractivity contribution is -0.135. The van der Waals surface area contributed by atoms with Crippen molar-refractivity contribution in [3.05, 3.63) is 94.7 Å². The number of benzene rings is 2. The van der Waals surface area contributed by atoms with Crippen molar-refractivity contribution in [2.45, 2.75) is 94.7 Å². The van der Waals surface area contributed by atoms with Gasteiger partial charge in [0.15, 0.2) is 0 Å². The van der Waals surface area contributed by atoms with Crippen LogP contribution in [0.5, 0.6) is 5.75 Å². The summed E-state index contributed by atoms with van der Waals surface area (Å²) in [6.45, 7) is 2.08. The molecule has 4 nitrogen and oxygen atoms in total. The first kappa shape index (κ1) is 33.8. The Morgan fingerprint density at radius 2 is 1.57 bits per heavy atom. The molecule has 2 unspecified atom stereocenters. The van der Waals surface area contributed by atoms with Gasteiger partial charge in [-0.15, -0.1) is 0 Å². The summed E-state index contributed by atoms with van der Waals surface area (Å²) in [4.78, 5) is 7.70. The van der Waals surface area contributed by atoms with Crippen LogP contribution in [0.4, 0.5) is 17.6 Å². The molecule has 2 aromatic carbocycles. The number of halogens is 5. The van der Waals surface area contributed by atoms with Crippen molar-refractivity contribution in [2.75, 3.05) is 7.11 Å². The molecule has 3 N–H and O–H groups in total. The van der Waals surface area contributed by atoms with Crippen molar-refractivity contribution in [1.82, 2.24) is 9.97 Å². The number of unbranched alkanes of at least 4 members (excludes halogenated alkanes) is 6. The number of fused-ring (bicyclic) bond motifs is 1. The third kappa shape index (κ3) is 9.21. The number of methoxy groups -OCH3 is 1. The second-order valence-corrected chi connectivity index (χ2v) is 12.6. The molecule has 0 spiro atoms. The lowest BCUT2D eigenvalue weighted by Crippen LogP contribution is -2.48. The van der Waals surface area contributed by atoms with Gasteiger partial charge in [0.1, 0.15) is 16.7 Å². The number of alkyl halides is 3. The van der Waals surface area contributed by atoms with E-state index in [1.54, 1.807) is 19.4 Å². The third-order valence-corrected chi connectivity index (χ3v) is 8.77. The van der Waals surface area contributed by atoms with Crippen molar-refractivity contribution in [3.63, 3.8) is 0 Å². The van der Waals surface area contributed by atoms with Gasteiger partial charge < -0.3 is 15.5 Å². The summed E-state index contributed by atoms with van der Waals surface area (Å²) in [5.74, 6) is 0.217. The zero-order valence-corrected chi connectivity index (χ0v) is 26.2. The number of ether oxygens (including phenoxy) is 1. The monoisotopic (exact) mass is 631 g/mol. The minimum Gasteiger partial charge on any atom is -0.496 e. The number of rotatable bonds is 16. The van der Waals surface area contributed by atoms with Gasteiger partial charge in [-0.3, -0.25) is 0 Å². The van der Waals surface area contributed by atoms with E-state index in [1.807, 2.05) is 36.4 Å². The standard InChI is InChI=1S/C35H42ClF4N3O/c1-33(28-22-27(37)14-15-30(28)44-2,31-21-26-12-8-9-13-29(26)43-31)24-34(41,23-25-16-19-42-32(36)20-25)17-10-6-4-3-5-7-11-18-35(38,39)40/h8-9,12-16,19-22,43H,3-7,10-11,17-18,23-24,41H2,1-2H3. The first-order chi connectivity index (χ1) is 20.9. The second kappa shape index (κ2) is 14.8. The van der Waals surface area contributed by atoms with Crippen LogP contribution in [0.25, 0.3) is 10.9 Å².